The lowest BCUT2D eigenvalue weighted by atomic mass is 10.1. The first-order chi connectivity index (χ1) is 16.3. The highest BCUT2D eigenvalue weighted by molar-refractivity contribution is 6.46. The molecule has 8 nitrogen and oxygen atoms in total. The molecule has 0 saturated carbocycles. The Balaban J connectivity index is 1.87. The van der Waals surface area contributed by atoms with Crippen molar-refractivity contribution < 1.29 is 0 Å². The van der Waals surface area contributed by atoms with E-state index in [1.165, 1.54) is 6.33 Å². The molecular formula is C23H14Cl3N7O. The van der Waals surface area contributed by atoms with Crippen LogP contribution in [0.2, 0.25) is 15.1 Å². The van der Waals surface area contributed by atoms with Gasteiger partial charge in [-0.2, -0.15) is 10.5 Å². The number of nitrogens with two attached hydrogens (primary N) is 1. The van der Waals surface area contributed by atoms with E-state index in [0.29, 0.717) is 28.3 Å². The number of H-pyrrole nitrogens is 1. The molecule has 0 aliphatic rings. The normalized spacial score (nSPS) is 10.5. The molecule has 0 spiro atoms. The fraction of sp³-hybridized carbons (Fsp3) is 0.0435. The third kappa shape index (κ3) is 3.95. The average molecular weight is 511 g/mol. The first-order valence-corrected chi connectivity index (χ1v) is 10.8. The topological polar surface area (TPSA) is 143 Å². The highest BCUT2D eigenvalue weighted by atomic mass is 35.5. The summed E-state index contributed by atoms with van der Waals surface area (Å²) in [5, 5.41) is 25.4. The number of rotatable bonds is 4. The summed E-state index contributed by atoms with van der Waals surface area (Å²) in [6.07, 6.45) is 1.29. The van der Waals surface area contributed by atoms with Crippen molar-refractivity contribution in [1.29, 1.82) is 10.5 Å². The van der Waals surface area contributed by atoms with E-state index in [1.807, 2.05) is 31.2 Å². The third-order valence-corrected chi connectivity index (χ3v) is 6.30. The lowest BCUT2D eigenvalue weighted by Crippen LogP contribution is -2.10. The minimum Gasteiger partial charge on any atom is -0.397 e. The van der Waals surface area contributed by atoms with Crippen LogP contribution in [-0.4, -0.2) is 9.97 Å². The summed E-state index contributed by atoms with van der Waals surface area (Å²) in [6.45, 7) is 1.90. The quantitative estimate of drug-likeness (QED) is 0.194. The Kier molecular flexibility index (Phi) is 6.23. The van der Waals surface area contributed by atoms with Crippen molar-refractivity contribution in [2.24, 2.45) is 0 Å². The van der Waals surface area contributed by atoms with Crippen LogP contribution in [0.3, 0.4) is 0 Å². The van der Waals surface area contributed by atoms with E-state index in [4.69, 9.17) is 40.5 Å². The fourth-order valence-electron chi connectivity index (χ4n) is 3.44. The van der Waals surface area contributed by atoms with E-state index < -0.39 is 0 Å². The standard InChI is InChI=1S/C23H14Cl3N7O/c1-10-2-4-14(33-21-12(8-28)18(24)11(7-27)19(25)20(21)26)16(6-10)32-15-5-3-13(29)22-17(15)23(34)31-9-30-22/h2-6,9,32-33H,29H2,1H3,(H,30,31,34). The second kappa shape index (κ2) is 9.12. The van der Waals surface area contributed by atoms with E-state index >= 15 is 0 Å². The second-order valence-corrected chi connectivity index (χ2v) is 8.38. The van der Waals surface area contributed by atoms with E-state index in [0.717, 1.165) is 5.56 Å². The Labute approximate surface area is 208 Å². The van der Waals surface area contributed by atoms with Gasteiger partial charge in [-0.15, -0.1) is 0 Å². The summed E-state index contributed by atoms with van der Waals surface area (Å²) in [5.41, 5.74) is 8.84. The lowest BCUT2D eigenvalue weighted by molar-refractivity contribution is 1.17. The van der Waals surface area contributed by atoms with Crippen molar-refractivity contribution >= 4 is 74.1 Å². The number of hydrogen-bond donors (Lipinski definition) is 4. The molecule has 168 valence electrons. The second-order valence-electron chi connectivity index (χ2n) is 7.25. The van der Waals surface area contributed by atoms with Crippen molar-refractivity contribution in [3.63, 3.8) is 0 Å². The summed E-state index contributed by atoms with van der Waals surface area (Å²) in [5.74, 6) is 0. The van der Waals surface area contributed by atoms with Crippen LogP contribution in [-0.2, 0) is 0 Å². The highest BCUT2D eigenvalue weighted by Gasteiger charge is 2.22. The zero-order chi connectivity index (χ0) is 24.6. The Bertz CT molecular complexity index is 1620. The van der Waals surface area contributed by atoms with Crippen LogP contribution in [0.25, 0.3) is 10.9 Å². The number of benzene rings is 3. The maximum Gasteiger partial charge on any atom is 0.260 e. The molecule has 4 rings (SSSR count). The molecule has 1 aromatic heterocycles. The van der Waals surface area contributed by atoms with Crippen molar-refractivity contribution in [1.82, 2.24) is 9.97 Å². The van der Waals surface area contributed by atoms with E-state index in [2.05, 4.69) is 20.6 Å². The van der Waals surface area contributed by atoms with Gasteiger partial charge in [0.15, 0.2) is 0 Å². The van der Waals surface area contributed by atoms with Gasteiger partial charge in [-0.3, -0.25) is 4.79 Å². The number of aryl methyl sites for hydroxylation is 1. The van der Waals surface area contributed by atoms with Crippen LogP contribution in [0.1, 0.15) is 16.7 Å². The summed E-state index contributed by atoms with van der Waals surface area (Å²) < 4.78 is 0. The molecule has 0 saturated heterocycles. The molecule has 0 aliphatic heterocycles. The molecule has 0 bridgehead atoms. The zero-order valence-corrected chi connectivity index (χ0v) is 19.7. The predicted octanol–water partition coefficient (Wildman–Crippen LogP) is 6.00. The fourth-order valence-corrected chi connectivity index (χ4v) is 4.23. The lowest BCUT2D eigenvalue weighted by Gasteiger charge is -2.19. The number of aromatic amines is 1. The smallest absolute Gasteiger partial charge is 0.260 e. The maximum atomic E-state index is 12.5. The SMILES string of the molecule is Cc1ccc(Nc2c(Cl)c(Cl)c(C#N)c(Cl)c2C#N)c(Nc2ccc(N)c3nc[nH]c(=O)c23)c1. The van der Waals surface area contributed by atoms with Gasteiger partial charge in [-0.05, 0) is 36.8 Å². The predicted molar refractivity (Wildman–Crippen MR) is 135 cm³/mol. The summed E-state index contributed by atoms with van der Waals surface area (Å²) in [6, 6.07) is 12.6. The first-order valence-electron chi connectivity index (χ1n) is 9.68. The van der Waals surface area contributed by atoms with Gasteiger partial charge in [0, 0.05) is 0 Å². The molecule has 3 aromatic carbocycles. The Morgan fingerprint density at radius 3 is 2.35 bits per heavy atom. The number of hydrogen-bond acceptors (Lipinski definition) is 7. The molecule has 34 heavy (non-hydrogen) atoms. The molecule has 0 amide bonds. The Hall–Kier alpha value is -3.95. The average Bonchev–Trinajstić information content (AvgIpc) is 2.81. The molecule has 5 N–H and O–H groups in total. The van der Waals surface area contributed by atoms with E-state index in [-0.39, 0.29) is 42.8 Å². The van der Waals surface area contributed by atoms with Crippen LogP contribution in [0.5, 0.6) is 0 Å². The van der Waals surface area contributed by atoms with Gasteiger partial charge < -0.3 is 21.4 Å². The molecule has 0 fully saturated rings. The Morgan fingerprint density at radius 1 is 0.941 bits per heavy atom. The van der Waals surface area contributed by atoms with Gasteiger partial charge in [0.05, 0.1) is 66.3 Å². The zero-order valence-electron chi connectivity index (χ0n) is 17.4. The number of anilines is 5. The molecule has 11 heteroatoms. The minimum atomic E-state index is -0.359. The molecular weight excluding hydrogens is 497 g/mol. The van der Waals surface area contributed by atoms with Crippen molar-refractivity contribution in [3.05, 3.63) is 78.8 Å². The molecule has 0 aliphatic carbocycles. The van der Waals surface area contributed by atoms with Gasteiger partial charge in [0.25, 0.3) is 5.56 Å². The van der Waals surface area contributed by atoms with Gasteiger partial charge in [0.2, 0.25) is 0 Å². The van der Waals surface area contributed by atoms with E-state index in [9.17, 15) is 15.3 Å². The number of nitrogens with one attached hydrogen (secondary N) is 3. The number of halogens is 3. The molecule has 0 atom stereocenters. The summed E-state index contributed by atoms with van der Waals surface area (Å²) in [7, 11) is 0. The largest absolute Gasteiger partial charge is 0.397 e. The monoisotopic (exact) mass is 509 g/mol. The van der Waals surface area contributed by atoms with E-state index in [1.54, 1.807) is 18.2 Å². The first kappa shape index (κ1) is 23.2. The highest BCUT2D eigenvalue weighted by Crippen LogP contribution is 2.43. The van der Waals surface area contributed by atoms with Gasteiger partial charge >= 0.3 is 0 Å². The number of aromatic nitrogens is 2. The van der Waals surface area contributed by atoms with Gasteiger partial charge in [-0.1, -0.05) is 40.9 Å². The van der Waals surface area contributed by atoms with Gasteiger partial charge in [-0.25, -0.2) is 4.98 Å². The minimum absolute atomic E-state index is 0.0238. The summed E-state index contributed by atoms with van der Waals surface area (Å²) >= 11 is 18.9. The van der Waals surface area contributed by atoms with Crippen molar-refractivity contribution in [2.75, 3.05) is 16.4 Å². The number of fused-ring (bicyclic) bond motifs is 1. The van der Waals surface area contributed by atoms with Crippen LogP contribution in [0.4, 0.5) is 28.4 Å². The van der Waals surface area contributed by atoms with Gasteiger partial charge in [0.1, 0.15) is 17.7 Å². The molecule has 4 aromatic rings. The maximum absolute atomic E-state index is 12.5. The molecule has 0 unspecified atom stereocenters. The number of nitrogen functional groups attached to an aromatic ring is 1. The third-order valence-electron chi connectivity index (χ3n) is 5.07. The number of nitriles is 2. The Morgan fingerprint density at radius 2 is 1.65 bits per heavy atom. The van der Waals surface area contributed by atoms with Crippen LogP contribution >= 0.6 is 34.8 Å². The van der Waals surface area contributed by atoms with Crippen molar-refractivity contribution in [2.45, 2.75) is 6.92 Å². The summed E-state index contributed by atoms with van der Waals surface area (Å²) in [4.78, 5) is 19.3. The number of nitrogens with zero attached hydrogens (tertiary/aromatic N) is 3. The van der Waals surface area contributed by atoms with Crippen molar-refractivity contribution in [3.8, 4) is 12.1 Å². The molecule has 1 heterocycles. The van der Waals surface area contributed by atoms with Crippen LogP contribution in [0, 0.1) is 29.6 Å². The molecule has 0 radical (unpaired) electrons. The van der Waals surface area contributed by atoms with Crippen LogP contribution < -0.4 is 21.9 Å². The van der Waals surface area contributed by atoms with Crippen LogP contribution in [0.15, 0.2) is 41.5 Å².